The van der Waals surface area contributed by atoms with E-state index in [4.69, 9.17) is 0 Å². The Morgan fingerprint density at radius 3 is 3.04 bits per heavy atom. The van der Waals surface area contributed by atoms with Crippen LogP contribution in [0, 0.1) is 11.8 Å². The summed E-state index contributed by atoms with van der Waals surface area (Å²) in [6, 6.07) is 0.327. The molecule has 1 N–H and O–H groups in total. The second-order valence-corrected chi connectivity index (χ2v) is 9.49. The van der Waals surface area contributed by atoms with Crippen molar-refractivity contribution in [3.63, 3.8) is 0 Å². The summed E-state index contributed by atoms with van der Waals surface area (Å²) in [4.78, 5) is 23.9. The van der Waals surface area contributed by atoms with Crippen LogP contribution in [0.3, 0.4) is 0 Å². The molecule has 4 nitrogen and oxygen atoms in total. The van der Waals surface area contributed by atoms with Gasteiger partial charge in [0.2, 0.25) is 5.91 Å². The molecule has 2 heterocycles. The van der Waals surface area contributed by atoms with E-state index >= 15 is 0 Å². The lowest BCUT2D eigenvalue weighted by atomic mass is 9.78. The average Bonchev–Trinajstić information content (AvgIpc) is 3.18. The van der Waals surface area contributed by atoms with Crippen molar-refractivity contribution in [3.05, 3.63) is 16.8 Å². The van der Waals surface area contributed by atoms with Crippen LogP contribution in [-0.4, -0.2) is 27.7 Å². The largest absolute Gasteiger partial charge is 0.352 e. The number of nitrogens with one attached hydrogen (secondary N) is 1. The summed E-state index contributed by atoms with van der Waals surface area (Å²) in [5, 5.41) is 5.45. The number of thiophene rings is 1. The van der Waals surface area contributed by atoms with E-state index in [9.17, 15) is 4.79 Å². The zero-order valence-corrected chi connectivity index (χ0v) is 16.5. The monoisotopic (exact) mass is 375 g/mol. The minimum Gasteiger partial charge on any atom is -0.352 e. The number of hydrogen-bond donors (Lipinski definition) is 1. The van der Waals surface area contributed by atoms with E-state index in [0.717, 1.165) is 22.7 Å². The van der Waals surface area contributed by atoms with E-state index in [2.05, 4.69) is 29.1 Å². The summed E-state index contributed by atoms with van der Waals surface area (Å²) >= 11 is 3.36. The van der Waals surface area contributed by atoms with Gasteiger partial charge in [-0.05, 0) is 43.1 Å². The molecule has 2 aromatic rings. The standard InChI is InChI=1S/C19H25N3OS2/c1-11-5-3-7-14(12(11)2)22-16(23)9-24-18-17-13-6-4-8-15(13)25-19(17)21-10-20-18/h10-12,14H,3-9H2,1-2H3,(H,22,23)/t11-,12+,14-/m1/s1. The second kappa shape index (κ2) is 7.23. The van der Waals surface area contributed by atoms with Gasteiger partial charge < -0.3 is 5.32 Å². The zero-order chi connectivity index (χ0) is 17.4. The third kappa shape index (κ3) is 3.43. The molecule has 2 aliphatic rings. The van der Waals surface area contributed by atoms with Crippen LogP contribution in [0.25, 0.3) is 10.2 Å². The van der Waals surface area contributed by atoms with Gasteiger partial charge >= 0.3 is 0 Å². The molecule has 1 fully saturated rings. The number of amides is 1. The number of carbonyl (C=O) groups excluding carboxylic acids is 1. The van der Waals surface area contributed by atoms with Gasteiger partial charge in [0.25, 0.3) is 0 Å². The number of fused-ring (bicyclic) bond motifs is 3. The molecule has 0 unspecified atom stereocenters. The van der Waals surface area contributed by atoms with Gasteiger partial charge in [0.15, 0.2) is 0 Å². The number of rotatable bonds is 4. The smallest absolute Gasteiger partial charge is 0.230 e. The second-order valence-electron chi connectivity index (χ2n) is 7.45. The number of hydrogen-bond acceptors (Lipinski definition) is 5. The van der Waals surface area contributed by atoms with Gasteiger partial charge in [0.05, 0.1) is 5.75 Å². The maximum Gasteiger partial charge on any atom is 0.230 e. The predicted molar refractivity (Wildman–Crippen MR) is 104 cm³/mol. The highest BCUT2D eigenvalue weighted by Gasteiger charge is 2.28. The molecule has 0 spiro atoms. The lowest BCUT2D eigenvalue weighted by Crippen LogP contribution is -2.44. The summed E-state index contributed by atoms with van der Waals surface area (Å²) in [5.74, 6) is 1.83. The average molecular weight is 376 g/mol. The Morgan fingerprint density at radius 1 is 1.28 bits per heavy atom. The Balaban J connectivity index is 1.43. The maximum atomic E-state index is 12.5. The van der Waals surface area contributed by atoms with E-state index < -0.39 is 0 Å². The highest BCUT2D eigenvalue weighted by atomic mass is 32.2. The maximum absolute atomic E-state index is 12.5. The molecular formula is C19H25N3OS2. The van der Waals surface area contributed by atoms with Crippen LogP contribution >= 0.6 is 23.1 Å². The quantitative estimate of drug-likeness (QED) is 0.642. The van der Waals surface area contributed by atoms with Crippen LogP contribution in [0.5, 0.6) is 0 Å². The molecule has 2 aromatic heterocycles. The normalized spacial score (nSPS) is 25.9. The molecule has 4 rings (SSSR count). The highest BCUT2D eigenvalue weighted by molar-refractivity contribution is 8.00. The van der Waals surface area contributed by atoms with Crippen molar-refractivity contribution in [1.82, 2.24) is 15.3 Å². The number of nitrogens with zero attached hydrogens (tertiary/aromatic N) is 2. The minimum atomic E-state index is 0.134. The van der Waals surface area contributed by atoms with Gasteiger partial charge in [0.1, 0.15) is 16.2 Å². The number of thioether (sulfide) groups is 1. The Kier molecular flexibility index (Phi) is 5.00. The van der Waals surface area contributed by atoms with Crippen molar-refractivity contribution in [3.8, 4) is 0 Å². The Bertz CT molecular complexity index is 788. The first kappa shape index (κ1) is 17.3. The van der Waals surface area contributed by atoms with Crippen molar-refractivity contribution in [1.29, 1.82) is 0 Å². The number of aromatic nitrogens is 2. The summed E-state index contributed by atoms with van der Waals surface area (Å²) in [6.45, 7) is 4.57. The van der Waals surface area contributed by atoms with Gasteiger partial charge in [0, 0.05) is 16.3 Å². The van der Waals surface area contributed by atoms with Gasteiger partial charge in [-0.2, -0.15) is 0 Å². The van der Waals surface area contributed by atoms with Gasteiger partial charge in [-0.15, -0.1) is 11.3 Å². The highest BCUT2D eigenvalue weighted by Crippen LogP contribution is 2.40. The summed E-state index contributed by atoms with van der Waals surface area (Å²) in [5.41, 5.74) is 1.43. The molecular weight excluding hydrogens is 350 g/mol. The molecule has 2 aliphatic carbocycles. The third-order valence-electron chi connectivity index (χ3n) is 5.86. The Morgan fingerprint density at radius 2 is 2.16 bits per heavy atom. The molecule has 0 aromatic carbocycles. The predicted octanol–water partition coefficient (Wildman–Crippen LogP) is 4.21. The first-order chi connectivity index (χ1) is 12.1. The van der Waals surface area contributed by atoms with Crippen LogP contribution in [-0.2, 0) is 17.6 Å². The molecule has 0 aliphatic heterocycles. The first-order valence-electron chi connectivity index (χ1n) is 9.31. The summed E-state index contributed by atoms with van der Waals surface area (Å²) in [7, 11) is 0. The third-order valence-corrected chi connectivity index (χ3v) is 8.05. The first-order valence-corrected chi connectivity index (χ1v) is 11.1. The lowest BCUT2D eigenvalue weighted by molar-refractivity contribution is -0.119. The van der Waals surface area contributed by atoms with Crippen LogP contribution in [0.1, 0.15) is 50.0 Å². The van der Waals surface area contributed by atoms with E-state index in [0.29, 0.717) is 23.6 Å². The van der Waals surface area contributed by atoms with Crippen LogP contribution < -0.4 is 5.32 Å². The van der Waals surface area contributed by atoms with Crippen LogP contribution in [0.2, 0.25) is 0 Å². The molecule has 6 heteroatoms. The Labute approximate surface area is 157 Å². The summed E-state index contributed by atoms with van der Waals surface area (Å²) in [6.07, 6.45) is 8.77. The van der Waals surface area contributed by atoms with E-state index in [1.807, 2.05) is 0 Å². The molecule has 0 saturated heterocycles. The lowest BCUT2D eigenvalue weighted by Gasteiger charge is -2.34. The van der Waals surface area contributed by atoms with Gasteiger partial charge in [-0.3, -0.25) is 4.79 Å². The fraction of sp³-hybridized carbons (Fsp3) is 0.632. The molecule has 1 amide bonds. The van der Waals surface area contributed by atoms with Crippen LogP contribution in [0.4, 0.5) is 0 Å². The molecule has 0 radical (unpaired) electrons. The van der Waals surface area contributed by atoms with Gasteiger partial charge in [-0.1, -0.05) is 38.5 Å². The van der Waals surface area contributed by atoms with Crippen molar-refractivity contribution in [2.45, 2.75) is 63.4 Å². The number of carbonyl (C=O) groups is 1. The number of aryl methyl sites for hydroxylation is 2. The van der Waals surface area contributed by atoms with Crippen molar-refractivity contribution < 1.29 is 4.79 Å². The van der Waals surface area contributed by atoms with Crippen LogP contribution in [0.15, 0.2) is 11.4 Å². The van der Waals surface area contributed by atoms with E-state index in [-0.39, 0.29) is 5.91 Å². The molecule has 134 valence electrons. The van der Waals surface area contributed by atoms with E-state index in [1.54, 1.807) is 29.4 Å². The molecule has 0 bridgehead atoms. The molecule has 3 atom stereocenters. The Hall–Kier alpha value is -1.14. The molecule has 1 saturated carbocycles. The topological polar surface area (TPSA) is 54.9 Å². The minimum absolute atomic E-state index is 0.134. The fourth-order valence-electron chi connectivity index (χ4n) is 4.18. The van der Waals surface area contributed by atoms with Crippen molar-refractivity contribution in [2.24, 2.45) is 11.8 Å². The summed E-state index contributed by atoms with van der Waals surface area (Å²) < 4.78 is 0. The van der Waals surface area contributed by atoms with Crippen molar-refractivity contribution in [2.75, 3.05) is 5.75 Å². The van der Waals surface area contributed by atoms with E-state index in [1.165, 1.54) is 41.5 Å². The molecule has 25 heavy (non-hydrogen) atoms. The van der Waals surface area contributed by atoms with Crippen molar-refractivity contribution >= 4 is 39.2 Å². The zero-order valence-electron chi connectivity index (χ0n) is 14.9. The SMILES string of the molecule is C[C@H]1[C@H](C)CCC[C@H]1NC(=O)CSc1ncnc2sc3c(c12)CCC3. The fourth-order valence-corrected chi connectivity index (χ4v) is 6.31. The van der Waals surface area contributed by atoms with Gasteiger partial charge in [-0.25, -0.2) is 9.97 Å².